The van der Waals surface area contributed by atoms with E-state index in [0.29, 0.717) is 28.0 Å². The van der Waals surface area contributed by atoms with Crippen LogP contribution in [0.1, 0.15) is 36.7 Å². The van der Waals surface area contributed by atoms with Gasteiger partial charge in [0.2, 0.25) is 5.88 Å². The van der Waals surface area contributed by atoms with Crippen LogP contribution >= 0.6 is 11.6 Å². The topological polar surface area (TPSA) is 35.0 Å². The van der Waals surface area contributed by atoms with Crippen LogP contribution in [0, 0.1) is 12.7 Å². The highest BCUT2D eigenvalue weighted by molar-refractivity contribution is 6.30. The van der Waals surface area contributed by atoms with E-state index in [1.807, 2.05) is 13.8 Å². The summed E-state index contributed by atoms with van der Waals surface area (Å²) in [6.07, 6.45) is 0. The quantitative estimate of drug-likeness (QED) is 0.790. The van der Waals surface area contributed by atoms with Gasteiger partial charge in [0.15, 0.2) is 0 Å². The van der Waals surface area contributed by atoms with E-state index in [2.05, 4.69) is 9.97 Å². The van der Waals surface area contributed by atoms with Crippen LogP contribution in [0.4, 0.5) is 4.39 Å². The van der Waals surface area contributed by atoms with Crippen LogP contribution < -0.4 is 4.74 Å². The summed E-state index contributed by atoms with van der Waals surface area (Å²) in [6.45, 7) is 5.84. The third-order valence-electron chi connectivity index (χ3n) is 2.90. The van der Waals surface area contributed by atoms with E-state index in [1.54, 1.807) is 25.1 Å². The summed E-state index contributed by atoms with van der Waals surface area (Å²) in [5.74, 6) is 0.861. The van der Waals surface area contributed by atoms with Crippen molar-refractivity contribution in [1.82, 2.24) is 9.97 Å². The molecule has 0 atom stereocenters. The molecule has 1 heterocycles. The van der Waals surface area contributed by atoms with Gasteiger partial charge in [-0.2, -0.15) is 4.98 Å². The predicted molar refractivity (Wildman–Crippen MR) is 76.6 cm³/mol. The number of aromatic nitrogens is 2. The lowest BCUT2D eigenvalue weighted by atomic mass is 10.2. The molecule has 0 aliphatic rings. The first-order chi connectivity index (χ1) is 9.49. The summed E-state index contributed by atoms with van der Waals surface area (Å²) in [7, 11) is 0. The lowest BCUT2D eigenvalue weighted by Crippen LogP contribution is -2.06. The van der Waals surface area contributed by atoms with Crippen molar-refractivity contribution in [2.45, 2.75) is 33.3 Å². The van der Waals surface area contributed by atoms with Gasteiger partial charge in [0.1, 0.15) is 23.4 Å². The van der Waals surface area contributed by atoms with Crippen molar-refractivity contribution in [3.05, 3.63) is 52.2 Å². The molecule has 0 radical (unpaired) electrons. The van der Waals surface area contributed by atoms with Crippen molar-refractivity contribution < 1.29 is 9.13 Å². The average Bonchev–Trinajstić information content (AvgIpc) is 2.41. The number of benzene rings is 1. The Morgan fingerprint density at radius 1 is 1.25 bits per heavy atom. The van der Waals surface area contributed by atoms with Crippen molar-refractivity contribution in [3.8, 4) is 5.88 Å². The van der Waals surface area contributed by atoms with Crippen LogP contribution in [0.25, 0.3) is 0 Å². The molecule has 0 unspecified atom stereocenters. The highest BCUT2D eigenvalue weighted by Crippen LogP contribution is 2.25. The molecule has 5 heteroatoms. The SMILES string of the molecule is Cc1c(Cl)nc(C(C)C)nc1OCc1ccccc1F. The second-order valence-corrected chi connectivity index (χ2v) is 5.20. The fourth-order valence-corrected chi connectivity index (χ4v) is 1.81. The molecular weight excluding hydrogens is 279 g/mol. The van der Waals surface area contributed by atoms with Crippen molar-refractivity contribution in [3.63, 3.8) is 0 Å². The Bertz CT molecular complexity index is 617. The van der Waals surface area contributed by atoms with Gasteiger partial charge in [0.25, 0.3) is 0 Å². The minimum atomic E-state index is -0.297. The van der Waals surface area contributed by atoms with Crippen LogP contribution in [0.2, 0.25) is 5.15 Å². The summed E-state index contributed by atoms with van der Waals surface area (Å²) in [5, 5.41) is 0.368. The largest absolute Gasteiger partial charge is 0.472 e. The Kier molecular flexibility index (Phi) is 4.55. The third kappa shape index (κ3) is 3.25. The van der Waals surface area contributed by atoms with E-state index >= 15 is 0 Å². The molecule has 0 saturated heterocycles. The van der Waals surface area contributed by atoms with Gasteiger partial charge < -0.3 is 4.74 Å². The second-order valence-electron chi connectivity index (χ2n) is 4.84. The molecule has 0 aliphatic carbocycles. The standard InChI is InChI=1S/C15H16ClFN2O/c1-9(2)14-18-13(16)10(3)15(19-14)20-8-11-6-4-5-7-12(11)17/h4-7,9H,8H2,1-3H3. The van der Waals surface area contributed by atoms with Crippen LogP contribution in [0.15, 0.2) is 24.3 Å². The van der Waals surface area contributed by atoms with Crippen LogP contribution in [-0.2, 0) is 6.61 Å². The van der Waals surface area contributed by atoms with Gasteiger partial charge in [0.05, 0.1) is 0 Å². The van der Waals surface area contributed by atoms with Crippen molar-refractivity contribution >= 4 is 11.6 Å². The minimum Gasteiger partial charge on any atom is -0.472 e. The zero-order valence-electron chi connectivity index (χ0n) is 11.7. The molecule has 0 bridgehead atoms. The summed E-state index contributed by atoms with van der Waals surface area (Å²) < 4.78 is 19.1. The molecule has 0 saturated carbocycles. The van der Waals surface area contributed by atoms with Gasteiger partial charge in [-0.25, -0.2) is 9.37 Å². The van der Waals surface area contributed by atoms with Crippen LogP contribution in [0.3, 0.4) is 0 Å². The molecule has 0 aliphatic heterocycles. The maximum absolute atomic E-state index is 13.5. The highest BCUT2D eigenvalue weighted by atomic mass is 35.5. The molecule has 106 valence electrons. The minimum absolute atomic E-state index is 0.110. The Hall–Kier alpha value is -1.68. The molecule has 1 aromatic carbocycles. The Labute approximate surface area is 122 Å². The van der Waals surface area contributed by atoms with Gasteiger partial charge in [0, 0.05) is 17.0 Å². The van der Waals surface area contributed by atoms with Crippen molar-refractivity contribution in [2.24, 2.45) is 0 Å². The number of halogens is 2. The third-order valence-corrected chi connectivity index (χ3v) is 3.27. The summed E-state index contributed by atoms with van der Waals surface area (Å²) in [5.41, 5.74) is 1.14. The molecule has 20 heavy (non-hydrogen) atoms. The van der Waals surface area contributed by atoms with Gasteiger partial charge in [-0.1, -0.05) is 43.6 Å². The maximum atomic E-state index is 13.5. The average molecular weight is 295 g/mol. The fraction of sp³-hybridized carbons (Fsp3) is 0.333. The van der Waals surface area contributed by atoms with E-state index in [-0.39, 0.29) is 18.3 Å². The van der Waals surface area contributed by atoms with E-state index in [0.717, 1.165) is 0 Å². The Balaban J connectivity index is 2.23. The molecular formula is C15H16ClFN2O. The lowest BCUT2D eigenvalue weighted by Gasteiger charge is -2.12. The van der Waals surface area contributed by atoms with Crippen LogP contribution in [0.5, 0.6) is 5.88 Å². The molecule has 3 nitrogen and oxygen atoms in total. The predicted octanol–water partition coefficient (Wildman–Crippen LogP) is 4.28. The normalized spacial score (nSPS) is 10.9. The summed E-state index contributed by atoms with van der Waals surface area (Å²) in [6, 6.07) is 6.48. The Morgan fingerprint density at radius 2 is 1.95 bits per heavy atom. The maximum Gasteiger partial charge on any atom is 0.221 e. The highest BCUT2D eigenvalue weighted by Gasteiger charge is 2.13. The number of nitrogens with zero attached hydrogens (tertiary/aromatic N) is 2. The van der Waals surface area contributed by atoms with Gasteiger partial charge in [-0.05, 0) is 13.0 Å². The van der Waals surface area contributed by atoms with E-state index in [1.165, 1.54) is 6.07 Å². The monoisotopic (exact) mass is 294 g/mol. The first-order valence-electron chi connectivity index (χ1n) is 6.39. The fourth-order valence-electron chi connectivity index (χ4n) is 1.65. The number of hydrogen-bond acceptors (Lipinski definition) is 3. The number of hydrogen-bond donors (Lipinski definition) is 0. The first kappa shape index (κ1) is 14.7. The molecule has 0 spiro atoms. The van der Waals surface area contributed by atoms with Gasteiger partial charge >= 0.3 is 0 Å². The van der Waals surface area contributed by atoms with Gasteiger partial charge in [-0.15, -0.1) is 0 Å². The van der Waals surface area contributed by atoms with Crippen molar-refractivity contribution in [1.29, 1.82) is 0 Å². The molecule has 0 N–H and O–H groups in total. The smallest absolute Gasteiger partial charge is 0.221 e. The summed E-state index contributed by atoms with van der Waals surface area (Å²) in [4.78, 5) is 8.54. The van der Waals surface area contributed by atoms with E-state index < -0.39 is 0 Å². The molecule has 1 aromatic heterocycles. The number of ether oxygens (including phenoxy) is 1. The molecule has 2 aromatic rings. The zero-order valence-corrected chi connectivity index (χ0v) is 12.4. The van der Waals surface area contributed by atoms with Gasteiger partial charge in [-0.3, -0.25) is 0 Å². The Morgan fingerprint density at radius 3 is 2.60 bits per heavy atom. The van der Waals surface area contributed by atoms with Crippen LogP contribution in [-0.4, -0.2) is 9.97 Å². The first-order valence-corrected chi connectivity index (χ1v) is 6.77. The molecule has 2 rings (SSSR count). The zero-order chi connectivity index (χ0) is 14.7. The van der Waals surface area contributed by atoms with Crippen molar-refractivity contribution in [2.75, 3.05) is 0 Å². The number of rotatable bonds is 4. The second kappa shape index (κ2) is 6.18. The van der Waals surface area contributed by atoms with E-state index in [4.69, 9.17) is 16.3 Å². The molecule has 0 fully saturated rings. The lowest BCUT2D eigenvalue weighted by molar-refractivity contribution is 0.284. The molecule has 0 amide bonds. The van der Waals surface area contributed by atoms with E-state index in [9.17, 15) is 4.39 Å². The summed E-state index contributed by atoms with van der Waals surface area (Å²) >= 11 is 6.07.